The Hall–Kier alpha value is -0.120. The van der Waals surface area contributed by atoms with E-state index in [1.807, 2.05) is 20.9 Å². The van der Waals surface area contributed by atoms with Crippen LogP contribution in [0.1, 0.15) is 15.3 Å². The first kappa shape index (κ1) is 11.9. The molecule has 1 rings (SSSR count). The molecule has 12 heavy (non-hydrogen) atoms. The van der Waals surface area contributed by atoms with Gasteiger partial charge < -0.3 is 10.1 Å². The molecule has 3 heteroatoms. The summed E-state index contributed by atoms with van der Waals surface area (Å²) in [6.07, 6.45) is 0. The minimum Gasteiger partial charge on any atom is -0.379 e. The number of nitrogens with one attached hydrogen (secondary N) is 1. The lowest BCUT2D eigenvalue weighted by Crippen LogP contribution is -2.39. The molecule has 0 unspecified atom stereocenters. The molecule has 76 valence electrons. The summed E-state index contributed by atoms with van der Waals surface area (Å²) >= 11 is 0. The zero-order valence-corrected chi connectivity index (χ0v) is 8.60. The van der Waals surface area contributed by atoms with Crippen LogP contribution >= 0.6 is 0 Å². The number of rotatable bonds is 3. The fraction of sp³-hybridized carbons (Fsp3) is 1.00. The van der Waals surface area contributed by atoms with Crippen LogP contribution < -0.4 is 5.32 Å². The first-order valence-corrected chi connectivity index (χ1v) is 4.88. The maximum Gasteiger partial charge on any atom is 0.0594 e. The Morgan fingerprint density at radius 2 is 1.92 bits per heavy atom. The number of ether oxygens (including phenoxy) is 1. The molecular formula is C9H24N2O. The van der Waals surface area contributed by atoms with Crippen LogP contribution in [0.3, 0.4) is 0 Å². The minimum absolute atomic E-state index is 0. The highest BCUT2D eigenvalue weighted by atomic mass is 16.5. The molecule has 1 N–H and O–H groups in total. The van der Waals surface area contributed by atoms with E-state index in [0.29, 0.717) is 0 Å². The molecule has 3 nitrogen and oxygen atoms in total. The SMILES string of the molecule is CC.CNCCN1CCOCC1.[HH]. The predicted molar refractivity (Wildman–Crippen MR) is 54.6 cm³/mol. The summed E-state index contributed by atoms with van der Waals surface area (Å²) in [5.74, 6) is 0. The van der Waals surface area contributed by atoms with Crippen molar-refractivity contribution in [1.29, 1.82) is 0 Å². The van der Waals surface area contributed by atoms with Gasteiger partial charge in [-0.05, 0) is 7.05 Å². The number of hydrogen-bond donors (Lipinski definition) is 1. The molecule has 0 spiro atoms. The largest absolute Gasteiger partial charge is 0.379 e. The highest BCUT2D eigenvalue weighted by molar-refractivity contribution is 4.61. The van der Waals surface area contributed by atoms with Crippen molar-refractivity contribution in [3.8, 4) is 0 Å². The van der Waals surface area contributed by atoms with Crippen LogP contribution in [-0.2, 0) is 4.74 Å². The zero-order valence-electron chi connectivity index (χ0n) is 8.60. The van der Waals surface area contributed by atoms with Gasteiger partial charge in [-0.25, -0.2) is 0 Å². The predicted octanol–water partition coefficient (Wildman–Crippen LogP) is 0.810. The molecule has 1 aliphatic heterocycles. The topological polar surface area (TPSA) is 24.5 Å². The Kier molecular flexibility index (Phi) is 8.88. The monoisotopic (exact) mass is 176 g/mol. The van der Waals surface area contributed by atoms with Crippen LogP contribution in [0.15, 0.2) is 0 Å². The third-order valence-corrected chi connectivity index (χ3v) is 1.78. The van der Waals surface area contributed by atoms with Gasteiger partial charge in [0.25, 0.3) is 0 Å². The molecule has 1 saturated heterocycles. The standard InChI is InChI=1S/C7H16N2O.C2H6.H2/c1-8-2-3-9-4-6-10-7-5-9;1-2;/h8H,2-7H2,1H3;1-2H3;1H. The average molecular weight is 176 g/mol. The molecule has 1 aliphatic rings. The molecule has 0 aromatic rings. The normalized spacial score (nSPS) is 18.2. The molecular weight excluding hydrogens is 152 g/mol. The molecule has 0 atom stereocenters. The van der Waals surface area contributed by atoms with E-state index in [9.17, 15) is 0 Å². The summed E-state index contributed by atoms with van der Waals surface area (Å²) in [7, 11) is 1.99. The molecule has 0 amide bonds. The molecule has 1 heterocycles. The van der Waals surface area contributed by atoms with Gasteiger partial charge in [-0.3, -0.25) is 4.90 Å². The number of hydrogen-bond acceptors (Lipinski definition) is 3. The van der Waals surface area contributed by atoms with E-state index in [2.05, 4.69) is 10.2 Å². The smallest absolute Gasteiger partial charge is 0.0594 e. The number of morpholine rings is 1. The fourth-order valence-corrected chi connectivity index (χ4v) is 1.09. The second-order valence-electron chi connectivity index (χ2n) is 2.56. The van der Waals surface area contributed by atoms with E-state index in [1.165, 1.54) is 0 Å². The van der Waals surface area contributed by atoms with E-state index in [4.69, 9.17) is 4.74 Å². The third-order valence-electron chi connectivity index (χ3n) is 1.78. The fourth-order valence-electron chi connectivity index (χ4n) is 1.09. The summed E-state index contributed by atoms with van der Waals surface area (Å²) in [5.41, 5.74) is 0. The van der Waals surface area contributed by atoms with E-state index in [-0.39, 0.29) is 1.43 Å². The van der Waals surface area contributed by atoms with E-state index in [1.54, 1.807) is 0 Å². The molecule has 1 fully saturated rings. The Labute approximate surface area is 77.6 Å². The Balaban J connectivity index is 0. The van der Waals surface area contributed by atoms with Crippen molar-refractivity contribution < 1.29 is 6.16 Å². The van der Waals surface area contributed by atoms with Gasteiger partial charge in [0.1, 0.15) is 0 Å². The van der Waals surface area contributed by atoms with Crippen molar-refractivity contribution in [1.82, 2.24) is 10.2 Å². The van der Waals surface area contributed by atoms with Crippen LogP contribution in [0.25, 0.3) is 0 Å². The minimum atomic E-state index is 0. The van der Waals surface area contributed by atoms with Crippen molar-refractivity contribution in [2.75, 3.05) is 46.4 Å². The quantitative estimate of drug-likeness (QED) is 0.689. The zero-order chi connectivity index (χ0) is 9.23. The van der Waals surface area contributed by atoms with Gasteiger partial charge in [0.05, 0.1) is 13.2 Å². The van der Waals surface area contributed by atoms with Gasteiger partial charge in [-0.2, -0.15) is 0 Å². The maximum absolute atomic E-state index is 5.22. The van der Waals surface area contributed by atoms with Crippen LogP contribution in [0, 0.1) is 0 Å². The maximum atomic E-state index is 5.22. The van der Waals surface area contributed by atoms with Crippen molar-refractivity contribution in [2.24, 2.45) is 0 Å². The lowest BCUT2D eigenvalue weighted by molar-refractivity contribution is 0.0386. The van der Waals surface area contributed by atoms with Crippen LogP contribution in [-0.4, -0.2) is 51.3 Å². The third kappa shape index (κ3) is 5.52. The first-order chi connectivity index (χ1) is 5.93. The summed E-state index contributed by atoms with van der Waals surface area (Å²) < 4.78 is 5.22. The second kappa shape index (κ2) is 8.97. The summed E-state index contributed by atoms with van der Waals surface area (Å²) in [4.78, 5) is 2.42. The van der Waals surface area contributed by atoms with E-state index < -0.39 is 0 Å². The molecule has 0 saturated carbocycles. The molecule has 0 aliphatic carbocycles. The second-order valence-corrected chi connectivity index (χ2v) is 2.56. The van der Waals surface area contributed by atoms with Crippen molar-refractivity contribution in [2.45, 2.75) is 13.8 Å². The van der Waals surface area contributed by atoms with Gasteiger partial charge in [-0.15, -0.1) is 0 Å². The summed E-state index contributed by atoms with van der Waals surface area (Å²) in [6, 6.07) is 0. The van der Waals surface area contributed by atoms with Gasteiger partial charge in [0.15, 0.2) is 0 Å². The Morgan fingerprint density at radius 1 is 1.33 bits per heavy atom. The summed E-state index contributed by atoms with van der Waals surface area (Å²) in [5, 5.41) is 3.13. The highest BCUT2D eigenvalue weighted by Gasteiger charge is 2.07. The lowest BCUT2D eigenvalue weighted by Gasteiger charge is -2.26. The Morgan fingerprint density at radius 3 is 2.42 bits per heavy atom. The first-order valence-electron chi connectivity index (χ1n) is 4.88. The number of nitrogens with zero attached hydrogens (tertiary/aromatic N) is 1. The van der Waals surface area contributed by atoms with Crippen LogP contribution in [0.5, 0.6) is 0 Å². The van der Waals surface area contributed by atoms with Crippen molar-refractivity contribution in [3.05, 3.63) is 0 Å². The summed E-state index contributed by atoms with van der Waals surface area (Å²) in [6.45, 7) is 10.2. The van der Waals surface area contributed by atoms with Gasteiger partial charge in [-0.1, -0.05) is 13.8 Å². The van der Waals surface area contributed by atoms with E-state index in [0.717, 1.165) is 39.4 Å². The highest BCUT2D eigenvalue weighted by Crippen LogP contribution is 1.94. The van der Waals surface area contributed by atoms with Crippen LogP contribution in [0.4, 0.5) is 0 Å². The van der Waals surface area contributed by atoms with E-state index >= 15 is 0 Å². The molecule has 0 aromatic carbocycles. The average Bonchev–Trinajstić information content (AvgIpc) is 2.19. The molecule has 0 radical (unpaired) electrons. The molecule has 0 bridgehead atoms. The van der Waals surface area contributed by atoms with Crippen molar-refractivity contribution in [3.63, 3.8) is 0 Å². The Bertz CT molecular complexity index is 87.7. The van der Waals surface area contributed by atoms with Crippen LogP contribution in [0.2, 0.25) is 0 Å². The molecule has 0 aromatic heterocycles. The van der Waals surface area contributed by atoms with Gasteiger partial charge in [0, 0.05) is 27.6 Å². The van der Waals surface area contributed by atoms with Gasteiger partial charge >= 0.3 is 0 Å². The van der Waals surface area contributed by atoms with Gasteiger partial charge in [0.2, 0.25) is 0 Å². The lowest BCUT2D eigenvalue weighted by atomic mass is 10.4. The number of likely N-dealkylation sites (N-methyl/N-ethyl adjacent to an activating group) is 1. The van der Waals surface area contributed by atoms with Crippen molar-refractivity contribution >= 4 is 0 Å².